The Balaban J connectivity index is 1.92. The molecule has 1 aliphatic heterocycles. The fourth-order valence-electron chi connectivity index (χ4n) is 2.20. The van der Waals surface area contributed by atoms with Gasteiger partial charge in [-0.15, -0.1) is 0 Å². The number of nitrogens with one attached hydrogen (secondary N) is 1. The van der Waals surface area contributed by atoms with Crippen molar-refractivity contribution in [2.45, 2.75) is 0 Å². The number of H-pyrrole nitrogens is 1. The molecule has 22 heavy (non-hydrogen) atoms. The summed E-state index contributed by atoms with van der Waals surface area (Å²) in [5.41, 5.74) is 0.856. The molecule has 2 N–H and O–H groups in total. The maximum atomic E-state index is 12.2. The van der Waals surface area contributed by atoms with Gasteiger partial charge in [-0.05, 0) is 0 Å². The number of aromatic nitrogens is 7. The van der Waals surface area contributed by atoms with Crippen LogP contribution in [0.4, 0.5) is 0 Å². The molecule has 106 valence electrons. The highest BCUT2D eigenvalue weighted by atomic mass is 16.3. The summed E-state index contributed by atoms with van der Waals surface area (Å²) in [6.45, 7) is 0. The Labute approximate surface area is 122 Å². The van der Waals surface area contributed by atoms with E-state index in [0.29, 0.717) is 0 Å². The molecule has 0 aliphatic carbocycles. The van der Waals surface area contributed by atoms with Crippen LogP contribution in [0.3, 0.4) is 0 Å². The fourth-order valence-corrected chi connectivity index (χ4v) is 2.20. The molecule has 0 atom stereocenters. The highest BCUT2D eigenvalue weighted by Crippen LogP contribution is 2.35. The number of aromatic amines is 1. The number of hydrogen-bond donors (Lipinski definition) is 2. The van der Waals surface area contributed by atoms with Gasteiger partial charge in [-0.1, -0.05) is 0 Å². The zero-order valence-electron chi connectivity index (χ0n) is 10.8. The zero-order valence-corrected chi connectivity index (χ0v) is 10.8. The van der Waals surface area contributed by atoms with Gasteiger partial charge in [0.1, 0.15) is 36.7 Å². The minimum atomic E-state index is -0.530. The molecule has 10 heteroatoms. The lowest BCUT2D eigenvalue weighted by Gasteiger charge is -1.97. The van der Waals surface area contributed by atoms with E-state index in [-0.39, 0.29) is 40.1 Å². The van der Waals surface area contributed by atoms with Crippen molar-refractivity contribution in [1.29, 1.82) is 0 Å². The summed E-state index contributed by atoms with van der Waals surface area (Å²) in [4.78, 5) is 42.0. The van der Waals surface area contributed by atoms with Crippen LogP contribution in [0.25, 0.3) is 11.5 Å². The fraction of sp³-hybridized carbons (Fsp3) is 0. The third-order valence-electron chi connectivity index (χ3n) is 3.07. The smallest absolute Gasteiger partial charge is 0.280 e. The van der Waals surface area contributed by atoms with Crippen LogP contribution in [-0.2, 0) is 0 Å². The van der Waals surface area contributed by atoms with Crippen molar-refractivity contribution in [3.05, 3.63) is 42.3 Å². The Kier molecular flexibility index (Phi) is 2.48. The van der Waals surface area contributed by atoms with Crippen LogP contribution >= 0.6 is 0 Å². The second kappa shape index (κ2) is 4.48. The Morgan fingerprint density at radius 1 is 0.864 bits per heavy atom. The Morgan fingerprint density at radius 3 is 2.09 bits per heavy atom. The number of rotatable bonds is 2. The van der Waals surface area contributed by atoms with Crippen molar-refractivity contribution in [2.75, 3.05) is 0 Å². The van der Waals surface area contributed by atoms with E-state index < -0.39 is 5.91 Å². The van der Waals surface area contributed by atoms with Crippen LogP contribution in [0.1, 0.15) is 21.7 Å². The van der Waals surface area contributed by atoms with Crippen molar-refractivity contribution in [2.24, 2.45) is 4.99 Å². The van der Waals surface area contributed by atoms with Gasteiger partial charge >= 0.3 is 0 Å². The number of carbonyl (C=O) groups excluding carboxylic acids is 1. The van der Waals surface area contributed by atoms with E-state index in [1.807, 2.05) is 0 Å². The second-order valence-electron chi connectivity index (χ2n) is 4.29. The average molecular weight is 294 g/mol. The number of amides is 1. The molecule has 0 bridgehead atoms. The van der Waals surface area contributed by atoms with Crippen molar-refractivity contribution in [3.63, 3.8) is 0 Å². The van der Waals surface area contributed by atoms with E-state index in [2.05, 4.69) is 39.9 Å². The standard InChI is InChI=1S/C12H6N8O2/c21-11-5-6(8(20-11)10-17-3-14-4-18-10)12(22)19-7(5)9-15-1-13-2-16-9/h1-4,19,22H. The van der Waals surface area contributed by atoms with Crippen molar-refractivity contribution < 1.29 is 9.90 Å². The van der Waals surface area contributed by atoms with Gasteiger partial charge in [0.2, 0.25) is 0 Å². The molecule has 1 amide bonds. The highest BCUT2D eigenvalue weighted by molar-refractivity contribution is 6.29. The number of nitrogens with zero attached hydrogens (tertiary/aromatic N) is 7. The first-order valence-electron chi connectivity index (χ1n) is 6.08. The highest BCUT2D eigenvalue weighted by Gasteiger charge is 2.35. The topological polar surface area (TPSA) is 143 Å². The molecular weight excluding hydrogens is 288 g/mol. The van der Waals surface area contributed by atoms with Gasteiger partial charge in [-0.2, -0.15) is 0 Å². The third kappa shape index (κ3) is 1.67. The minimum absolute atomic E-state index is 0.177. The SMILES string of the molecule is O=C1N=C(c2ncncn2)c2c(O)[nH]c(-c3ncncn3)c21. The molecule has 0 saturated carbocycles. The van der Waals surface area contributed by atoms with E-state index in [4.69, 9.17) is 0 Å². The Hall–Kier alpha value is -3.56. The molecule has 10 nitrogen and oxygen atoms in total. The van der Waals surface area contributed by atoms with Crippen LogP contribution in [0, 0.1) is 0 Å². The van der Waals surface area contributed by atoms with Gasteiger partial charge in [0, 0.05) is 0 Å². The quantitative estimate of drug-likeness (QED) is 0.658. The normalized spacial score (nSPS) is 13.1. The number of hydrogen-bond acceptors (Lipinski definition) is 8. The molecule has 0 saturated heterocycles. The number of aromatic hydroxyl groups is 1. The third-order valence-corrected chi connectivity index (χ3v) is 3.07. The first kappa shape index (κ1) is 12.2. The maximum absolute atomic E-state index is 12.2. The monoisotopic (exact) mass is 294 g/mol. The number of aliphatic imine (C=N–C) groups is 1. The molecular formula is C12H6N8O2. The predicted molar refractivity (Wildman–Crippen MR) is 71.1 cm³/mol. The summed E-state index contributed by atoms with van der Waals surface area (Å²) in [6.07, 6.45) is 5.15. The summed E-state index contributed by atoms with van der Waals surface area (Å²) in [5, 5.41) is 10.1. The van der Waals surface area contributed by atoms with Crippen LogP contribution in [-0.4, -0.2) is 51.6 Å². The summed E-state index contributed by atoms with van der Waals surface area (Å²) in [5.74, 6) is -0.335. The van der Waals surface area contributed by atoms with Gasteiger partial charge in [-0.25, -0.2) is 34.9 Å². The molecule has 3 aromatic rings. The predicted octanol–water partition coefficient (Wildman–Crippen LogP) is -0.252. The molecule has 0 spiro atoms. The molecule has 1 aliphatic rings. The molecule has 0 unspecified atom stereocenters. The molecule has 4 rings (SSSR count). The van der Waals surface area contributed by atoms with Crippen LogP contribution in [0.15, 0.2) is 30.3 Å². The van der Waals surface area contributed by atoms with Gasteiger partial charge in [0.05, 0.1) is 11.1 Å². The first-order valence-corrected chi connectivity index (χ1v) is 6.08. The maximum Gasteiger partial charge on any atom is 0.280 e. The van der Waals surface area contributed by atoms with Gasteiger partial charge < -0.3 is 10.1 Å². The number of carbonyl (C=O) groups is 1. The Morgan fingerprint density at radius 2 is 1.45 bits per heavy atom. The molecule has 0 fully saturated rings. The van der Waals surface area contributed by atoms with E-state index >= 15 is 0 Å². The Bertz CT molecular complexity index is 904. The lowest BCUT2D eigenvalue weighted by atomic mass is 10.1. The first-order chi connectivity index (χ1) is 10.8. The van der Waals surface area contributed by atoms with Crippen molar-refractivity contribution in [1.82, 2.24) is 34.9 Å². The lowest BCUT2D eigenvalue weighted by Crippen LogP contribution is -2.06. The molecule has 4 heterocycles. The van der Waals surface area contributed by atoms with Gasteiger partial charge in [-0.3, -0.25) is 4.79 Å². The minimum Gasteiger partial charge on any atom is -0.494 e. The molecule has 0 radical (unpaired) electrons. The molecule has 3 aromatic heterocycles. The van der Waals surface area contributed by atoms with E-state index in [1.54, 1.807) is 0 Å². The lowest BCUT2D eigenvalue weighted by molar-refractivity contribution is 0.101. The van der Waals surface area contributed by atoms with Gasteiger partial charge in [0.25, 0.3) is 5.91 Å². The van der Waals surface area contributed by atoms with E-state index in [9.17, 15) is 9.90 Å². The largest absolute Gasteiger partial charge is 0.494 e. The van der Waals surface area contributed by atoms with Crippen LogP contribution in [0.2, 0.25) is 0 Å². The summed E-state index contributed by atoms with van der Waals surface area (Å²) >= 11 is 0. The molecule has 0 aromatic carbocycles. The van der Waals surface area contributed by atoms with Crippen molar-refractivity contribution in [3.8, 4) is 17.4 Å². The van der Waals surface area contributed by atoms with Crippen LogP contribution in [0.5, 0.6) is 5.88 Å². The average Bonchev–Trinajstić information content (AvgIpc) is 3.09. The second-order valence-corrected chi connectivity index (χ2v) is 4.29. The summed E-state index contributed by atoms with van der Waals surface area (Å²) < 4.78 is 0. The summed E-state index contributed by atoms with van der Waals surface area (Å²) in [7, 11) is 0. The number of fused-ring (bicyclic) bond motifs is 1. The van der Waals surface area contributed by atoms with Gasteiger partial charge in [0.15, 0.2) is 17.5 Å². The van der Waals surface area contributed by atoms with Crippen LogP contribution < -0.4 is 0 Å². The zero-order chi connectivity index (χ0) is 15.1. The van der Waals surface area contributed by atoms with E-state index in [1.165, 1.54) is 25.3 Å². The summed E-state index contributed by atoms with van der Waals surface area (Å²) in [6, 6.07) is 0. The van der Waals surface area contributed by atoms with Crippen molar-refractivity contribution >= 4 is 11.6 Å². The van der Waals surface area contributed by atoms with E-state index in [0.717, 1.165) is 0 Å².